The Kier molecular flexibility index (Phi) is 3.08. The zero-order chi connectivity index (χ0) is 9.84. The van der Waals surface area contributed by atoms with Crippen molar-refractivity contribution in [1.29, 1.82) is 0 Å². The minimum atomic E-state index is -0.315. The molecule has 0 saturated heterocycles. The molecular weight excluding hydrogens is 168 g/mol. The highest BCUT2D eigenvalue weighted by Crippen LogP contribution is 2.22. The third-order valence-corrected chi connectivity index (χ3v) is 1.93. The van der Waals surface area contributed by atoms with Gasteiger partial charge in [-0.05, 0) is 6.42 Å². The number of hydrogen-bond donors (Lipinski definition) is 3. The van der Waals surface area contributed by atoms with E-state index in [1.54, 1.807) is 0 Å². The normalized spacial score (nSPS) is 12.8. The topological polar surface area (TPSA) is 79.1 Å². The molecule has 1 atom stereocenters. The van der Waals surface area contributed by atoms with Crippen LogP contribution < -0.4 is 11.3 Å². The first-order chi connectivity index (χ1) is 6.15. The van der Waals surface area contributed by atoms with Gasteiger partial charge in [-0.25, -0.2) is 0 Å². The van der Waals surface area contributed by atoms with Gasteiger partial charge in [0.05, 0.1) is 0 Å². The number of aromatic hydroxyl groups is 1. The van der Waals surface area contributed by atoms with Crippen LogP contribution in [0.1, 0.15) is 31.4 Å². The smallest absolute Gasteiger partial charge is 0.251 e. The molecule has 0 aliphatic rings. The van der Waals surface area contributed by atoms with Crippen LogP contribution >= 0.6 is 0 Å². The maximum Gasteiger partial charge on any atom is 0.251 e. The molecule has 0 bridgehead atoms. The molecule has 0 aliphatic carbocycles. The minimum absolute atomic E-state index is 0.0234. The highest BCUT2D eigenvalue weighted by molar-refractivity contribution is 5.30. The molecule has 1 rings (SSSR count). The van der Waals surface area contributed by atoms with Gasteiger partial charge in [-0.2, -0.15) is 0 Å². The molecule has 13 heavy (non-hydrogen) atoms. The molecule has 0 unspecified atom stereocenters. The van der Waals surface area contributed by atoms with Crippen LogP contribution in [0.15, 0.2) is 17.1 Å². The monoisotopic (exact) mass is 182 g/mol. The largest absolute Gasteiger partial charge is 0.507 e. The summed E-state index contributed by atoms with van der Waals surface area (Å²) in [6.45, 7) is 2.02. The first-order valence-corrected chi connectivity index (χ1v) is 4.32. The van der Waals surface area contributed by atoms with Crippen molar-refractivity contribution >= 4 is 0 Å². The summed E-state index contributed by atoms with van der Waals surface area (Å²) >= 11 is 0. The molecule has 1 aromatic rings. The Hall–Kier alpha value is -1.29. The van der Waals surface area contributed by atoms with Crippen LogP contribution in [0.3, 0.4) is 0 Å². The van der Waals surface area contributed by atoms with Crippen molar-refractivity contribution in [2.75, 3.05) is 0 Å². The molecule has 0 aliphatic heterocycles. The Morgan fingerprint density at radius 3 is 2.92 bits per heavy atom. The number of aromatic amines is 1. The van der Waals surface area contributed by atoms with E-state index >= 15 is 0 Å². The lowest BCUT2D eigenvalue weighted by atomic mass is 10.0. The van der Waals surface area contributed by atoms with Crippen LogP contribution in [0.25, 0.3) is 0 Å². The molecule has 0 amide bonds. The predicted octanol–water partition coefficient (Wildman–Crippen LogP) is 0.880. The van der Waals surface area contributed by atoms with Crippen molar-refractivity contribution in [2.45, 2.75) is 25.8 Å². The molecule has 4 N–H and O–H groups in total. The van der Waals surface area contributed by atoms with Crippen molar-refractivity contribution in [2.24, 2.45) is 5.73 Å². The highest BCUT2D eigenvalue weighted by Gasteiger charge is 2.09. The van der Waals surface area contributed by atoms with E-state index in [0.717, 1.165) is 18.9 Å². The number of rotatable bonds is 3. The first kappa shape index (κ1) is 9.80. The summed E-state index contributed by atoms with van der Waals surface area (Å²) in [4.78, 5) is 13.3. The van der Waals surface area contributed by atoms with Gasteiger partial charge in [-0.15, -0.1) is 0 Å². The highest BCUT2D eigenvalue weighted by atomic mass is 16.3. The summed E-state index contributed by atoms with van der Waals surface area (Å²) in [7, 11) is 0. The van der Waals surface area contributed by atoms with Gasteiger partial charge >= 0.3 is 0 Å². The molecule has 72 valence electrons. The summed E-state index contributed by atoms with van der Waals surface area (Å²) in [6.07, 6.45) is 3.21. The SMILES string of the molecule is CCC[C@H](N)c1c[nH]c(=O)cc1O. The summed E-state index contributed by atoms with van der Waals surface area (Å²) in [5, 5.41) is 9.39. The zero-order valence-electron chi connectivity index (χ0n) is 7.58. The van der Waals surface area contributed by atoms with Crippen LogP contribution in [-0.2, 0) is 0 Å². The van der Waals surface area contributed by atoms with Crippen molar-refractivity contribution in [1.82, 2.24) is 4.98 Å². The second kappa shape index (κ2) is 4.09. The predicted molar refractivity (Wildman–Crippen MR) is 50.6 cm³/mol. The van der Waals surface area contributed by atoms with E-state index in [1.165, 1.54) is 6.20 Å². The molecule has 0 saturated carbocycles. The number of nitrogens with two attached hydrogens (primary N) is 1. The van der Waals surface area contributed by atoms with E-state index in [1.807, 2.05) is 6.92 Å². The molecule has 0 fully saturated rings. The third kappa shape index (κ3) is 2.32. The van der Waals surface area contributed by atoms with Crippen LogP contribution in [0.2, 0.25) is 0 Å². The fourth-order valence-electron chi connectivity index (χ4n) is 1.24. The second-order valence-corrected chi connectivity index (χ2v) is 3.03. The van der Waals surface area contributed by atoms with E-state index in [2.05, 4.69) is 4.98 Å². The maximum atomic E-state index is 10.8. The molecule has 0 radical (unpaired) electrons. The summed E-state index contributed by atoms with van der Waals surface area (Å²) in [5.74, 6) is -0.0234. The Morgan fingerprint density at radius 2 is 2.38 bits per heavy atom. The molecule has 4 heteroatoms. The Morgan fingerprint density at radius 1 is 1.69 bits per heavy atom. The summed E-state index contributed by atoms with van der Waals surface area (Å²) < 4.78 is 0. The lowest BCUT2D eigenvalue weighted by molar-refractivity contribution is 0.456. The van der Waals surface area contributed by atoms with Gasteiger partial charge in [-0.1, -0.05) is 13.3 Å². The van der Waals surface area contributed by atoms with Crippen LogP contribution in [0.4, 0.5) is 0 Å². The molecule has 4 nitrogen and oxygen atoms in total. The standard InChI is InChI=1S/C9H14N2O2/c1-2-3-7(10)6-5-11-9(13)4-8(6)12/h4-5,7H,2-3,10H2,1H3,(H2,11,12,13)/t7-/m0/s1. The van der Waals surface area contributed by atoms with Crippen molar-refractivity contribution < 1.29 is 5.11 Å². The maximum absolute atomic E-state index is 10.8. The zero-order valence-corrected chi connectivity index (χ0v) is 7.58. The van der Waals surface area contributed by atoms with E-state index in [9.17, 15) is 9.90 Å². The van der Waals surface area contributed by atoms with Gasteiger partial charge < -0.3 is 15.8 Å². The number of aromatic nitrogens is 1. The van der Waals surface area contributed by atoms with E-state index in [0.29, 0.717) is 5.56 Å². The van der Waals surface area contributed by atoms with Gasteiger partial charge in [0.25, 0.3) is 5.56 Å². The van der Waals surface area contributed by atoms with Gasteiger partial charge in [-0.3, -0.25) is 4.79 Å². The number of H-pyrrole nitrogens is 1. The lowest BCUT2D eigenvalue weighted by Gasteiger charge is -2.11. The summed E-state index contributed by atoms with van der Waals surface area (Å²) in [6, 6.07) is 0.937. The van der Waals surface area contributed by atoms with Gasteiger partial charge in [0.2, 0.25) is 0 Å². The average molecular weight is 182 g/mol. The molecule has 0 aromatic carbocycles. The third-order valence-electron chi connectivity index (χ3n) is 1.93. The molecule has 0 spiro atoms. The Balaban J connectivity index is 2.94. The van der Waals surface area contributed by atoms with Crippen LogP contribution in [0.5, 0.6) is 5.75 Å². The Labute approximate surface area is 76.4 Å². The summed E-state index contributed by atoms with van der Waals surface area (Å²) in [5.41, 5.74) is 6.06. The fourth-order valence-corrected chi connectivity index (χ4v) is 1.24. The number of nitrogens with one attached hydrogen (secondary N) is 1. The molecular formula is C9H14N2O2. The van der Waals surface area contributed by atoms with Crippen LogP contribution in [-0.4, -0.2) is 10.1 Å². The lowest BCUT2D eigenvalue weighted by Crippen LogP contribution is -2.13. The van der Waals surface area contributed by atoms with Crippen molar-refractivity contribution in [3.05, 3.63) is 28.2 Å². The number of hydrogen-bond acceptors (Lipinski definition) is 3. The number of pyridine rings is 1. The van der Waals surface area contributed by atoms with Gasteiger partial charge in [0.15, 0.2) is 0 Å². The minimum Gasteiger partial charge on any atom is -0.507 e. The quantitative estimate of drug-likeness (QED) is 0.649. The average Bonchev–Trinajstić information content (AvgIpc) is 2.04. The van der Waals surface area contributed by atoms with E-state index < -0.39 is 0 Å². The fraction of sp³-hybridized carbons (Fsp3) is 0.444. The molecule has 1 aromatic heterocycles. The first-order valence-electron chi connectivity index (χ1n) is 4.32. The second-order valence-electron chi connectivity index (χ2n) is 3.03. The van der Waals surface area contributed by atoms with E-state index in [4.69, 9.17) is 5.73 Å². The van der Waals surface area contributed by atoms with Gasteiger partial charge in [0, 0.05) is 23.9 Å². The van der Waals surface area contributed by atoms with Crippen LogP contribution in [0, 0.1) is 0 Å². The van der Waals surface area contributed by atoms with Crippen molar-refractivity contribution in [3.8, 4) is 5.75 Å². The van der Waals surface area contributed by atoms with Gasteiger partial charge in [0.1, 0.15) is 5.75 Å². The van der Waals surface area contributed by atoms with E-state index in [-0.39, 0.29) is 17.4 Å². The Bertz CT molecular complexity index is 333. The van der Waals surface area contributed by atoms with Crippen molar-refractivity contribution in [3.63, 3.8) is 0 Å². The molecule has 1 heterocycles.